The highest BCUT2D eigenvalue weighted by atomic mass is 35.5. The molecule has 25 heavy (non-hydrogen) atoms. The Morgan fingerprint density at radius 1 is 1.04 bits per heavy atom. The Hall–Kier alpha value is -2.85. The predicted octanol–water partition coefficient (Wildman–Crippen LogP) is 4.44. The van der Waals surface area contributed by atoms with Crippen LogP contribution in [-0.2, 0) is 4.79 Å². The van der Waals surface area contributed by atoms with Crippen LogP contribution in [0.5, 0.6) is 0 Å². The van der Waals surface area contributed by atoms with Gasteiger partial charge in [0.1, 0.15) is 6.04 Å². The fourth-order valence-corrected chi connectivity index (χ4v) is 2.62. The lowest BCUT2D eigenvalue weighted by atomic mass is 10.1. The van der Waals surface area contributed by atoms with E-state index < -0.39 is 6.04 Å². The third-order valence-electron chi connectivity index (χ3n) is 3.81. The molecule has 1 amide bonds. The molecular weight excluding hydrogens is 334 g/mol. The van der Waals surface area contributed by atoms with Crippen molar-refractivity contribution in [2.75, 3.05) is 5.32 Å². The summed E-state index contributed by atoms with van der Waals surface area (Å²) in [5, 5.41) is 10.0. The van der Waals surface area contributed by atoms with E-state index in [4.69, 9.17) is 11.6 Å². The number of benzene rings is 3. The highest BCUT2D eigenvalue weighted by Crippen LogP contribution is 2.19. The maximum Gasteiger partial charge on any atom is 0.262 e. The van der Waals surface area contributed by atoms with Crippen molar-refractivity contribution in [1.29, 1.82) is 0 Å². The summed E-state index contributed by atoms with van der Waals surface area (Å²) in [5.74, 6) is -0.225. The zero-order chi connectivity index (χ0) is 17.6. The lowest BCUT2D eigenvalue weighted by molar-refractivity contribution is -0.121. The van der Waals surface area contributed by atoms with Crippen molar-refractivity contribution >= 4 is 40.2 Å². The molecular formula is C20H18ClN3O. The molecule has 126 valence electrons. The van der Waals surface area contributed by atoms with Gasteiger partial charge in [-0.3, -0.25) is 4.79 Å². The Morgan fingerprint density at radius 2 is 1.76 bits per heavy atom. The molecule has 0 heterocycles. The topological polar surface area (TPSA) is 53.5 Å². The van der Waals surface area contributed by atoms with Crippen LogP contribution in [0.25, 0.3) is 10.8 Å². The number of fused-ring (bicyclic) bond motifs is 1. The van der Waals surface area contributed by atoms with Gasteiger partial charge in [-0.25, -0.2) is 5.43 Å². The van der Waals surface area contributed by atoms with Crippen LogP contribution in [0.1, 0.15) is 12.5 Å². The second-order valence-corrected chi connectivity index (χ2v) is 6.09. The average molecular weight is 352 g/mol. The molecule has 3 aromatic carbocycles. The van der Waals surface area contributed by atoms with Gasteiger partial charge in [-0.1, -0.05) is 60.1 Å². The molecule has 0 radical (unpaired) electrons. The smallest absolute Gasteiger partial charge is 0.262 e. The molecule has 0 aliphatic rings. The molecule has 2 N–H and O–H groups in total. The largest absolute Gasteiger partial charge is 0.374 e. The summed E-state index contributed by atoms with van der Waals surface area (Å²) in [6.45, 7) is 1.79. The van der Waals surface area contributed by atoms with Gasteiger partial charge in [0.25, 0.3) is 5.91 Å². The maximum atomic E-state index is 12.2. The van der Waals surface area contributed by atoms with Crippen LogP contribution in [0, 0.1) is 0 Å². The molecule has 1 atom stereocenters. The number of halogens is 1. The Morgan fingerprint density at radius 3 is 2.56 bits per heavy atom. The Kier molecular flexibility index (Phi) is 5.31. The number of hydrazone groups is 1. The van der Waals surface area contributed by atoms with Gasteiger partial charge in [-0.05, 0) is 35.9 Å². The summed E-state index contributed by atoms with van der Waals surface area (Å²) in [6, 6.07) is 21.0. The van der Waals surface area contributed by atoms with Crippen LogP contribution in [0.3, 0.4) is 0 Å². The number of anilines is 1. The van der Waals surface area contributed by atoms with Crippen molar-refractivity contribution in [3.05, 3.63) is 77.3 Å². The van der Waals surface area contributed by atoms with E-state index >= 15 is 0 Å². The molecule has 3 rings (SSSR count). The highest BCUT2D eigenvalue weighted by molar-refractivity contribution is 6.33. The quantitative estimate of drug-likeness (QED) is 0.527. The standard InChI is InChI=1S/C20H18ClN3O/c1-14(20(25)24-22-13-17-8-4-5-9-19(17)21)23-18-11-10-15-6-2-3-7-16(15)12-18/h2-14,23H,1H3,(H,24,25)/b22-13-/t14-/m1/s1. The van der Waals surface area contributed by atoms with Crippen LogP contribution in [0.2, 0.25) is 5.02 Å². The van der Waals surface area contributed by atoms with E-state index in [-0.39, 0.29) is 5.91 Å². The minimum absolute atomic E-state index is 0.225. The number of nitrogens with one attached hydrogen (secondary N) is 2. The van der Waals surface area contributed by atoms with E-state index in [9.17, 15) is 4.79 Å². The van der Waals surface area contributed by atoms with Crippen LogP contribution in [-0.4, -0.2) is 18.2 Å². The van der Waals surface area contributed by atoms with E-state index in [0.29, 0.717) is 5.02 Å². The lowest BCUT2D eigenvalue weighted by Crippen LogP contribution is -2.34. The Bertz CT molecular complexity index is 923. The molecule has 0 fully saturated rings. The van der Waals surface area contributed by atoms with Gasteiger partial charge in [0.05, 0.1) is 6.21 Å². The average Bonchev–Trinajstić information content (AvgIpc) is 2.63. The first-order chi connectivity index (χ1) is 12.1. The molecule has 5 heteroatoms. The molecule has 3 aromatic rings. The summed E-state index contributed by atoms with van der Waals surface area (Å²) < 4.78 is 0. The van der Waals surface area contributed by atoms with Crippen LogP contribution in [0.15, 0.2) is 71.8 Å². The van der Waals surface area contributed by atoms with E-state index in [2.05, 4.69) is 21.9 Å². The van der Waals surface area contributed by atoms with Gasteiger partial charge < -0.3 is 5.32 Å². The first-order valence-electron chi connectivity index (χ1n) is 7.96. The summed E-state index contributed by atoms with van der Waals surface area (Å²) in [4.78, 5) is 12.2. The Balaban J connectivity index is 1.61. The zero-order valence-corrected chi connectivity index (χ0v) is 14.5. The van der Waals surface area contributed by atoms with Crippen molar-refractivity contribution in [3.63, 3.8) is 0 Å². The van der Waals surface area contributed by atoms with Gasteiger partial charge in [0, 0.05) is 16.3 Å². The first-order valence-corrected chi connectivity index (χ1v) is 8.34. The fourth-order valence-electron chi connectivity index (χ4n) is 2.44. The molecule has 0 aliphatic carbocycles. The second kappa shape index (κ2) is 7.81. The molecule has 0 aromatic heterocycles. The van der Waals surface area contributed by atoms with Gasteiger partial charge in [0.2, 0.25) is 0 Å². The van der Waals surface area contributed by atoms with Crippen molar-refractivity contribution < 1.29 is 4.79 Å². The second-order valence-electron chi connectivity index (χ2n) is 5.68. The minimum atomic E-state index is -0.426. The van der Waals surface area contributed by atoms with Crippen LogP contribution < -0.4 is 10.7 Å². The molecule has 0 saturated carbocycles. The zero-order valence-electron chi connectivity index (χ0n) is 13.7. The molecule has 0 spiro atoms. The summed E-state index contributed by atoms with van der Waals surface area (Å²) in [5.41, 5.74) is 4.16. The Labute approximate surface area is 151 Å². The third kappa shape index (κ3) is 4.37. The highest BCUT2D eigenvalue weighted by Gasteiger charge is 2.11. The summed E-state index contributed by atoms with van der Waals surface area (Å²) >= 11 is 6.04. The monoisotopic (exact) mass is 351 g/mol. The van der Waals surface area contributed by atoms with Gasteiger partial charge in [0.15, 0.2) is 0 Å². The summed E-state index contributed by atoms with van der Waals surface area (Å²) in [6.07, 6.45) is 1.53. The van der Waals surface area contributed by atoms with Crippen molar-refractivity contribution in [2.45, 2.75) is 13.0 Å². The number of carbonyl (C=O) groups excluding carboxylic acids is 1. The third-order valence-corrected chi connectivity index (χ3v) is 4.15. The van der Waals surface area contributed by atoms with Crippen LogP contribution in [0.4, 0.5) is 5.69 Å². The van der Waals surface area contributed by atoms with Gasteiger partial charge in [-0.15, -0.1) is 0 Å². The molecule has 0 bridgehead atoms. The maximum absolute atomic E-state index is 12.2. The van der Waals surface area contributed by atoms with E-state index in [1.807, 2.05) is 54.6 Å². The SMILES string of the molecule is C[C@@H](Nc1ccc2ccccc2c1)C(=O)N/N=C\c1ccccc1Cl. The lowest BCUT2D eigenvalue weighted by Gasteiger charge is -2.14. The number of nitrogens with zero attached hydrogens (tertiary/aromatic N) is 1. The molecule has 0 aliphatic heterocycles. The minimum Gasteiger partial charge on any atom is -0.374 e. The number of rotatable bonds is 5. The first kappa shape index (κ1) is 17.0. The number of hydrogen-bond donors (Lipinski definition) is 2. The fraction of sp³-hybridized carbons (Fsp3) is 0.100. The van der Waals surface area contributed by atoms with E-state index in [1.54, 1.807) is 13.0 Å². The van der Waals surface area contributed by atoms with Crippen molar-refractivity contribution in [1.82, 2.24) is 5.43 Å². The number of amides is 1. The van der Waals surface area contributed by atoms with Crippen molar-refractivity contribution in [2.24, 2.45) is 5.10 Å². The van der Waals surface area contributed by atoms with E-state index in [0.717, 1.165) is 22.0 Å². The van der Waals surface area contributed by atoms with Gasteiger partial charge >= 0.3 is 0 Å². The number of hydrogen-bond acceptors (Lipinski definition) is 3. The van der Waals surface area contributed by atoms with Crippen LogP contribution >= 0.6 is 11.6 Å². The van der Waals surface area contributed by atoms with Gasteiger partial charge in [-0.2, -0.15) is 5.10 Å². The summed E-state index contributed by atoms with van der Waals surface area (Å²) in [7, 11) is 0. The molecule has 0 saturated heterocycles. The molecule has 0 unspecified atom stereocenters. The normalized spacial score (nSPS) is 12.2. The van der Waals surface area contributed by atoms with E-state index in [1.165, 1.54) is 6.21 Å². The molecule has 4 nitrogen and oxygen atoms in total. The predicted molar refractivity (Wildman–Crippen MR) is 104 cm³/mol. The number of carbonyl (C=O) groups is 1. The van der Waals surface area contributed by atoms with Crippen molar-refractivity contribution in [3.8, 4) is 0 Å².